The van der Waals surface area contributed by atoms with Gasteiger partial charge in [-0.15, -0.1) is 0 Å². The second-order valence-electron chi connectivity index (χ2n) is 6.22. The number of nitrogens with zero attached hydrogens (tertiary/aromatic N) is 3. The molecule has 1 saturated heterocycles. The molecule has 1 aliphatic heterocycles. The molecule has 1 aromatic carbocycles. The van der Waals surface area contributed by atoms with E-state index >= 15 is 0 Å². The smallest absolute Gasteiger partial charge is 0.242 e. The largest absolute Gasteiger partial charge is 0.335 e. The lowest BCUT2D eigenvalue weighted by Gasteiger charge is -2.31. The van der Waals surface area contributed by atoms with E-state index in [0.717, 1.165) is 24.8 Å². The average molecular weight is 327 g/mol. The minimum Gasteiger partial charge on any atom is -0.335 e. The number of carbonyl (C=O) groups excluding carboxylic acids is 2. The predicted molar refractivity (Wildman–Crippen MR) is 92.0 cm³/mol. The molecule has 2 rings (SSSR count). The zero-order chi connectivity index (χ0) is 17.5. The van der Waals surface area contributed by atoms with Gasteiger partial charge in [-0.1, -0.05) is 18.6 Å². The van der Waals surface area contributed by atoms with Gasteiger partial charge < -0.3 is 9.80 Å². The first kappa shape index (κ1) is 18.0. The fraction of sp³-hybridized carbons (Fsp3) is 0.526. The first-order chi connectivity index (χ1) is 11.6. The predicted octanol–water partition coefficient (Wildman–Crippen LogP) is 2.87. The Morgan fingerprint density at radius 2 is 2.00 bits per heavy atom. The van der Waals surface area contributed by atoms with E-state index in [1.807, 2.05) is 26.0 Å². The van der Waals surface area contributed by atoms with Crippen molar-refractivity contribution in [2.24, 2.45) is 0 Å². The summed E-state index contributed by atoms with van der Waals surface area (Å²) in [6.45, 7) is 5.35. The molecule has 0 bridgehead atoms. The second kappa shape index (κ2) is 8.49. The van der Waals surface area contributed by atoms with Gasteiger partial charge in [-0.05, 0) is 44.4 Å². The summed E-state index contributed by atoms with van der Waals surface area (Å²) in [5.74, 6) is 0.0625. The molecular formula is C19H25N3O2. The van der Waals surface area contributed by atoms with Crippen LogP contribution < -0.4 is 0 Å². The van der Waals surface area contributed by atoms with Crippen molar-refractivity contribution in [3.05, 3.63) is 35.4 Å². The molecule has 24 heavy (non-hydrogen) atoms. The molecule has 0 spiro atoms. The molecule has 5 heteroatoms. The summed E-state index contributed by atoms with van der Waals surface area (Å²) in [5.41, 5.74) is 1.60. The molecule has 1 aromatic rings. The van der Waals surface area contributed by atoms with Gasteiger partial charge in [0.25, 0.3) is 0 Å². The summed E-state index contributed by atoms with van der Waals surface area (Å²) in [6, 6.07) is 9.32. The third-order valence-electron chi connectivity index (χ3n) is 4.65. The average Bonchev–Trinajstić information content (AvgIpc) is 2.80. The molecule has 1 fully saturated rings. The van der Waals surface area contributed by atoms with Crippen molar-refractivity contribution in [1.82, 2.24) is 9.80 Å². The van der Waals surface area contributed by atoms with E-state index in [1.54, 1.807) is 21.9 Å². The van der Waals surface area contributed by atoms with Gasteiger partial charge in [0.15, 0.2) is 0 Å². The Bertz CT molecular complexity index is 618. The second-order valence-corrected chi connectivity index (χ2v) is 6.22. The van der Waals surface area contributed by atoms with E-state index < -0.39 is 0 Å². The highest BCUT2D eigenvalue weighted by Crippen LogP contribution is 2.21. The standard InChI is InChI=1S/C19H25N3O2/c1-3-22(15(2)17-10-8-16(13-20)9-11-17)19(24)14-21-12-6-4-5-7-18(21)23/h8-11,15H,3-7,12,14H2,1-2H3. The minimum atomic E-state index is -0.0858. The fourth-order valence-corrected chi connectivity index (χ4v) is 3.14. The van der Waals surface area contributed by atoms with Crippen LogP contribution in [0.5, 0.6) is 0 Å². The number of amides is 2. The van der Waals surface area contributed by atoms with E-state index in [1.165, 1.54) is 0 Å². The van der Waals surface area contributed by atoms with Crippen LogP contribution >= 0.6 is 0 Å². The van der Waals surface area contributed by atoms with E-state index in [-0.39, 0.29) is 24.4 Å². The minimum absolute atomic E-state index is 0.0235. The highest BCUT2D eigenvalue weighted by molar-refractivity contribution is 5.85. The van der Waals surface area contributed by atoms with Gasteiger partial charge in [-0.3, -0.25) is 9.59 Å². The topological polar surface area (TPSA) is 64.4 Å². The summed E-state index contributed by atoms with van der Waals surface area (Å²) in [4.78, 5) is 28.3. The first-order valence-electron chi connectivity index (χ1n) is 8.64. The lowest BCUT2D eigenvalue weighted by molar-refractivity contribution is -0.141. The van der Waals surface area contributed by atoms with Crippen LogP contribution in [0.1, 0.15) is 56.7 Å². The zero-order valence-corrected chi connectivity index (χ0v) is 14.5. The van der Waals surface area contributed by atoms with Gasteiger partial charge in [0.2, 0.25) is 11.8 Å². The van der Waals surface area contributed by atoms with Crippen LogP contribution in [0.3, 0.4) is 0 Å². The Kier molecular flexibility index (Phi) is 6.36. The number of nitriles is 1. The highest BCUT2D eigenvalue weighted by Gasteiger charge is 2.25. The SMILES string of the molecule is CCN(C(=O)CN1CCCCCC1=O)C(C)c1ccc(C#N)cc1. The molecule has 0 aromatic heterocycles. The lowest BCUT2D eigenvalue weighted by atomic mass is 10.0. The van der Waals surface area contributed by atoms with Gasteiger partial charge in [0, 0.05) is 19.5 Å². The lowest BCUT2D eigenvalue weighted by Crippen LogP contribution is -2.43. The molecule has 128 valence electrons. The summed E-state index contributed by atoms with van der Waals surface area (Å²) < 4.78 is 0. The summed E-state index contributed by atoms with van der Waals surface area (Å²) >= 11 is 0. The molecule has 0 radical (unpaired) electrons. The van der Waals surface area contributed by atoms with E-state index in [4.69, 9.17) is 5.26 Å². The molecule has 1 aliphatic rings. The van der Waals surface area contributed by atoms with Crippen LogP contribution in [-0.2, 0) is 9.59 Å². The van der Waals surface area contributed by atoms with Crippen LogP contribution in [0.15, 0.2) is 24.3 Å². The fourth-order valence-electron chi connectivity index (χ4n) is 3.14. The monoisotopic (exact) mass is 327 g/mol. The normalized spacial score (nSPS) is 16.2. The maximum Gasteiger partial charge on any atom is 0.242 e. The van der Waals surface area contributed by atoms with E-state index in [0.29, 0.717) is 25.1 Å². The van der Waals surface area contributed by atoms with Gasteiger partial charge >= 0.3 is 0 Å². The van der Waals surface area contributed by atoms with Crippen LogP contribution in [0.2, 0.25) is 0 Å². The maximum absolute atomic E-state index is 12.7. The van der Waals surface area contributed by atoms with Gasteiger partial charge in [0.1, 0.15) is 0 Å². The number of benzene rings is 1. The molecule has 5 nitrogen and oxygen atoms in total. The number of carbonyl (C=O) groups is 2. The van der Waals surface area contributed by atoms with Crippen LogP contribution in [-0.4, -0.2) is 41.2 Å². The Hall–Kier alpha value is -2.35. The van der Waals surface area contributed by atoms with E-state index in [2.05, 4.69) is 6.07 Å². The van der Waals surface area contributed by atoms with Crippen molar-refractivity contribution in [3.8, 4) is 6.07 Å². The van der Waals surface area contributed by atoms with Crippen LogP contribution in [0.4, 0.5) is 0 Å². The van der Waals surface area contributed by atoms with Crippen molar-refractivity contribution in [1.29, 1.82) is 5.26 Å². The molecule has 2 amide bonds. The number of likely N-dealkylation sites (N-methyl/N-ethyl adjacent to an activating group) is 1. The van der Waals surface area contributed by atoms with Crippen LogP contribution in [0.25, 0.3) is 0 Å². The Labute approximate surface area is 143 Å². The summed E-state index contributed by atoms with van der Waals surface area (Å²) in [5, 5.41) is 8.89. The van der Waals surface area contributed by atoms with Gasteiger partial charge in [-0.25, -0.2) is 0 Å². The number of hydrogen-bond donors (Lipinski definition) is 0. The molecule has 0 N–H and O–H groups in total. The van der Waals surface area contributed by atoms with Crippen molar-refractivity contribution in [2.45, 2.75) is 45.6 Å². The van der Waals surface area contributed by atoms with Crippen LogP contribution in [0, 0.1) is 11.3 Å². The van der Waals surface area contributed by atoms with Crippen molar-refractivity contribution in [3.63, 3.8) is 0 Å². The maximum atomic E-state index is 12.7. The number of likely N-dealkylation sites (tertiary alicyclic amines) is 1. The first-order valence-corrected chi connectivity index (χ1v) is 8.64. The molecule has 1 heterocycles. The molecule has 0 saturated carbocycles. The molecule has 1 unspecified atom stereocenters. The van der Waals surface area contributed by atoms with Gasteiger partial charge in [-0.2, -0.15) is 5.26 Å². The number of hydrogen-bond acceptors (Lipinski definition) is 3. The molecular weight excluding hydrogens is 302 g/mol. The van der Waals surface area contributed by atoms with E-state index in [9.17, 15) is 9.59 Å². The van der Waals surface area contributed by atoms with Gasteiger partial charge in [0.05, 0.1) is 24.2 Å². The third kappa shape index (κ3) is 4.35. The molecule has 1 atom stereocenters. The zero-order valence-electron chi connectivity index (χ0n) is 14.5. The van der Waals surface area contributed by atoms with Crippen molar-refractivity contribution >= 4 is 11.8 Å². The number of rotatable bonds is 5. The third-order valence-corrected chi connectivity index (χ3v) is 4.65. The van der Waals surface area contributed by atoms with Crippen molar-refractivity contribution in [2.75, 3.05) is 19.6 Å². The quantitative estimate of drug-likeness (QED) is 0.835. The molecule has 0 aliphatic carbocycles. The Balaban J connectivity index is 2.06. The summed E-state index contributed by atoms with van der Waals surface area (Å²) in [7, 11) is 0. The highest BCUT2D eigenvalue weighted by atomic mass is 16.2. The Morgan fingerprint density at radius 1 is 1.29 bits per heavy atom. The Morgan fingerprint density at radius 3 is 2.62 bits per heavy atom. The summed E-state index contributed by atoms with van der Waals surface area (Å²) in [6.07, 6.45) is 3.49. The van der Waals surface area contributed by atoms with Crippen molar-refractivity contribution < 1.29 is 9.59 Å².